The predicted octanol–water partition coefficient (Wildman–Crippen LogP) is 3.04. The predicted molar refractivity (Wildman–Crippen MR) is 97.2 cm³/mol. The molecule has 7 unspecified atom stereocenters. The maximum absolute atomic E-state index is 13.4. The zero-order chi connectivity index (χ0) is 19.1. The Morgan fingerprint density at radius 1 is 1.27 bits per heavy atom. The first kappa shape index (κ1) is 17.8. The molecule has 0 aliphatic heterocycles. The lowest BCUT2D eigenvalue weighted by Crippen LogP contribution is -2.60. The molecule has 0 aromatic carbocycles. The Morgan fingerprint density at radius 2 is 1.96 bits per heavy atom. The number of rotatable bonds is 1. The molecule has 0 spiro atoms. The second-order valence-electron chi connectivity index (χ2n) is 9.52. The summed E-state index contributed by atoms with van der Waals surface area (Å²) in [5.74, 6) is 0.276. The van der Waals surface area contributed by atoms with Gasteiger partial charge in [-0.1, -0.05) is 32.4 Å². The lowest BCUT2D eigenvalue weighted by molar-refractivity contribution is -0.166. The first-order chi connectivity index (χ1) is 12.0. The van der Waals surface area contributed by atoms with E-state index in [1.807, 2.05) is 13.0 Å². The number of fused-ring (bicyclic) bond motifs is 5. The fraction of sp³-hybridized carbons (Fsp3) is 0.682. The Bertz CT molecular complexity index is 777. The number of allylic oxidation sites excluding steroid dienone is 4. The molecule has 4 heteroatoms. The Balaban J connectivity index is 1.81. The molecule has 0 radical (unpaired) electrons. The molecule has 4 nitrogen and oxygen atoms in total. The molecule has 140 valence electrons. The van der Waals surface area contributed by atoms with Crippen LogP contribution in [-0.2, 0) is 14.4 Å². The molecule has 4 aliphatic rings. The molecule has 1 N–H and O–H groups in total. The number of Topliss-reactive ketones (excluding diaryl/α,β-unsaturated/α-hetero) is 2. The van der Waals surface area contributed by atoms with E-state index in [0.29, 0.717) is 6.42 Å². The van der Waals surface area contributed by atoms with Crippen LogP contribution < -0.4 is 0 Å². The molecule has 0 amide bonds. The summed E-state index contributed by atoms with van der Waals surface area (Å²) in [5.41, 5.74) is -1.42. The van der Waals surface area contributed by atoms with Crippen molar-refractivity contribution >= 4 is 17.3 Å². The molecule has 0 heterocycles. The average molecular weight is 356 g/mol. The Kier molecular flexibility index (Phi) is 3.60. The monoisotopic (exact) mass is 356 g/mol. The molecule has 0 saturated heterocycles. The van der Waals surface area contributed by atoms with Crippen LogP contribution in [0.15, 0.2) is 23.8 Å². The van der Waals surface area contributed by atoms with E-state index in [2.05, 4.69) is 13.8 Å². The van der Waals surface area contributed by atoms with Gasteiger partial charge in [0.1, 0.15) is 11.4 Å². The van der Waals surface area contributed by atoms with Gasteiger partial charge in [0.05, 0.1) is 0 Å². The Hall–Kier alpha value is -1.55. The number of ketones is 3. The minimum absolute atomic E-state index is 0.00249. The third kappa shape index (κ3) is 1.97. The van der Waals surface area contributed by atoms with Crippen LogP contribution in [0.2, 0.25) is 0 Å². The van der Waals surface area contributed by atoms with Gasteiger partial charge in [0.15, 0.2) is 11.6 Å². The summed E-state index contributed by atoms with van der Waals surface area (Å²) in [4.78, 5) is 37.6. The van der Waals surface area contributed by atoms with Gasteiger partial charge in [-0.3, -0.25) is 14.4 Å². The van der Waals surface area contributed by atoms with Crippen molar-refractivity contribution in [2.75, 3.05) is 0 Å². The topological polar surface area (TPSA) is 71.4 Å². The van der Waals surface area contributed by atoms with E-state index in [1.54, 1.807) is 12.2 Å². The summed E-state index contributed by atoms with van der Waals surface area (Å²) in [6, 6.07) is 0. The van der Waals surface area contributed by atoms with Gasteiger partial charge in [0.2, 0.25) is 0 Å². The van der Waals surface area contributed by atoms with Crippen molar-refractivity contribution in [1.82, 2.24) is 0 Å². The minimum Gasteiger partial charge on any atom is -0.381 e. The van der Waals surface area contributed by atoms with Crippen molar-refractivity contribution in [3.05, 3.63) is 23.8 Å². The zero-order valence-electron chi connectivity index (χ0n) is 16.0. The van der Waals surface area contributed by atoms with Crippen LogP contribution >= 0.6 is 0 Å². The normalized spacial score (nSPS) is 50.0. The fourth-order valence-electron chi connectivity index (χ4n) is 7.04. The first-order valence-electron chi connectivity index (χ1n) is 9.76. The van der Waals surface area contributed by atoms with Crippen molar-refractivity contribution in [2.24, 2.45) is 34.5 Å². The second kappa shape index (κ2) is 5.25. The quantitative estimate of drug-likeness (QED) is 0.784. The number of carbonyl (C=O) groups is 3. The van der Waals surface area contributed by atoms with Gasteiger partial charge in [-0.05, 0) is 56.1 Å². The molecule has 0 aromatic heterocycles. The standard InChI is InChI=1S/C22H28O4/c1-12-9-15-16-6-8-22(26,13(2)23)21(16,4)11-18(25)19(15)20(3)7-5-14(24)10-17(12)20/h5,7,10,12,15-16,19,26H,6,8-9,11H2,1-4H3. The van der Waals surface area contributed by atoms with Gasteiger partial charge in [-0.15, -0.1) is 0 Å². The maximum atomic E-state index is 13.4. The minimum atomic E-state index is -1.39. The van der Waals surface area contributed by atoms with Gasteiger partial charge in [0.25, 0.3) is 0 Å². The van der Waals surface area contributed by atoms with E-state index in [9.17, 15) is 19.5 Å². The van der Waals surface area contributed by atoms with Crippen molar-refractivity contribution in [3.8, 4) is 0 Å². The van der Waals surface area contributed by atoms with E-state index in [1.165, 1.54) is 6.92 Å². The molecule has 4 rings (SSSR count). The number of carbonyl (C=O) groups excluding carboxylic acids is 3. The van der Waals surface area contributed by atoms with Crippen molar-refractivity contribution in [1.29, 1.82) is 0 Å². The average Bonchev–Trinajstić information content (AvgIpc) is 2.81. The smallest absolute Gasteiger partial charge is 0.178 e. The molecule has 7 atom stereocenters. The highest BCUT2D eigenvalue weighted by molar-refractivity contribution is 6.02. The van der Waals surface area contributed by atoms with Crippen LogP contribution in [0, 0.1) is 34.5 Å². The number of hydrogen-bond acceptors (Lipinski definition) is 4. The van der Waals surface area contributed by atoms with E-state index < -0.39 is 16.4 Å². The van der Waals surface area contributed by atoms with Crippen molar-refractivity contribution < 1.29 is 19.5 Å². The molecular formula is C22H28O4. The highest BCUT2D eigenvalue weighted by Gasteiger charge is 2.68. The third-order valence-electron chi connectivity index (χ3n) is 8.31. The van der Waals surface area contributed by atoms with E-state index in [4.69, 9.17) is 0 Å². The van der Waals surface area contributed by atoms with Gasteiger partial charge in [-0.2, -0.15) is 0 Å². The van der Waals surface area contributed by atoms with Crippen LogP contribution in [0.1, 0.15) is 53.4 Å². The van der Waals surface area contributed by atoms with E-state index >= 15 is 0 Å². The highest BCUT2D eigenvalue weighted by atomic mass is 16.3. The van der Waals surface area contributed by atoms with Crippen LogP contribution in [0.25, 0.3) is 0 Å². The summed E-state index contributed by atoms with van der Waals surface area (Å²) < 4.78 is 0. The van der Waals surface area contributed by atoms with E-state index in [-0.39, 0.29) is 47.4 Å². The van der Waals surface area contributed by atoms with Crippen LogP contribution in [-0.4, -0.2) is 28.1 Å². The molecule has 26 heavy (non-hydrogen) atoms. The van der Waals surface area contributed by atoms with Gasteiger partial charge >= 0.3 is 0 Å². The summed E-state index contributed by atoms with van der Waals surface area (Å²) >= 11 is 0. The van der Waals surface area contributed by atoms with Crippen molar-refractivity contribution in [2.45, 2.75) is 59.0 Å². The molecule has 3 fully saturated rings. The van der Waals surface area contributed by atoms with Gasteiger partial charge < -0.3 is 5.11 Å². The lowest BCUT2D eigenvalue weighted by Gasteiger charge is -2.58. The first-order valence-corrected chi connectivity index (χ1v) is 9.76. The Labute approximate surface area is 154 Å². The van der Waals surface area contributed by atoms with Crippen LogP contribution in [0.4, 0.5) is 0 Å². The largest absolute Gasteiger partial charge is 0.381 e. The molecule has 0 aromatic rings. The third-order valence-corrected chi connectivity index (χ3v) is 8.31. The van der Waals surface area contributed by atoms with E-state index in [0.717, 1.165) is 18.4 Å². The number of hydrogen-bond donors (Lipinski definition) is 1. The van der Waals surface area contributed by atoms with Crippen molar-refractivity contribution in [3.63, 3.8) is 0 Å². The van der Waals surface area contributed by atoms with Crippen LogP contribution in [0.5, 0.6) is 0 Å². The lowest BCUT2D eigenvalue weighted by atomic mass is 9.45. The SMILES string of the molecule is CC(=O)C1(O)CCC2C3CC(C)C4=CC(=O)C=CC4(C)C3C(=O)CC21C. The Morgan fingerprint density at radius 3 is 2.62 bits per heavy atom. The summed E-state index contributed by atoms with van der Waals surface area (Å²) in [6.45, 7) is 7.61. The zero-order valence-corrected chi connectivity index (χ0v) is 16.0. The van der Waals surface area contributed by atoms with Crippen LogP contribution in [0.3, 0.4) is 0 Å². The summed E-state index contributed by atoms with van der Waals surface area (Å²) in [6.07, 6.45) is 7.57. The van der Waals surface area contributed by atoms with Gasteiger partial charge in [-0.25, -0.2) is 0 Å². The number of aliphatic hydroxyl groups is 1. The molecular weight excluding hydrogens is 328 g/mol. The highest BCUT2D eigenvalue weighted by Crippen LogP contribution is 2.66. The molecule has 3 saturated carbocycles. The fourth-order valence-corrected chi connectivity index (χ4v) is 7.04. The maximum Gasteiger partial charge on any atom is 0.178 e. The molecule has 0 bridgehead atoms. The summed E-state index contributed by atoms with van der Waals surface area (Å²) in [5, 5.41) is 11.2. The second-order valence-corrected chi connectivity index (χ2v) is 9.52. The molecule has 4 aliphatic carbocycles. The van der Waals surface area contributed by atoms with Gasteiger partial charge in [0, 0.05) is 23.2 Å². The summed E-state index contributed by atoms with van der Waals surface area (Å²) in [7, 11) is 0.